The SMILES string of the molecule is Cn1cc(-n2cc(CCC(C)(C)N3CCS(=O)(=O)CC3)c3c(C4CCC(=O)N4)cc(-c4ccc(OC(F)(F)F)cc4)nc32)cn1. The number of rotatable bonds is 8. The van der Waals surface area contributed by atoms with Crippen molar-refractivity contribution < 1.29 is 31.1 Å². The molecule has 2 aliphatic rings. The van der Waals surface area contributed by atoms with E-state index in [9.17, 15) is 26.4 Å². The van der Waals surface area contributed by atoms with Gasteiger partial charge in [-0.1, -0.05) is 0 Å². The molecule has 14 heteroatoms. The molecular formula is C31H35F3N6O4S. The number of aryl methyl sites for hydroxylation is 2. The summed E-state index contributed by atoms with van der Waals surface area (Å²) in [6, 6.07) is 7.22. The first-order valence-corrected chi connectivity index (χ1v) is 16.6. The number of hydrogen-bond donors (Lipinski definition) is 1. The molecule has 0 bridgehead atoms. The van der Waals surface area contributed by atoms with Gasteiger partial charge in [-0.05, 0) is 74.6 Å². The van der Waals surface area contributed by atoms with Gasteiger partial charge in [0.1, 0.15) is 11.4 Å². The lowest BCUT2D eigenvalue weighted by atomic mass is 9.91. The summed E-state index contributed by atoms with van der Waals surface area (Å²) in [6.45, 7) is 5.24. The summed E-state index contributed by atoms with van der Waals surface area (Å²) < 4.78 is 70.1. The first-order valence-electron chi connectivity index (χ1n) is 14.8. The predicted molar refractivity (Wildman–Crippen MR) is 163 cm³/mol. The fourth-order valence-electron chi connectivity index (χ4n) is 6.27. The average Bonchev–Trinajstić information content (AvgIpc) is 3.69. The Morgan fingerprint density at radius 3 is 2.40 bits per heavy atom. The monoisotopic (exact) mass is 644 g/mol. The Kier molecular flexibility index (Phi) is 7.92. The number of pyridine rings is 1. The molecule has 0 saturated carbocycles. The Labute approximate surface area is 259 Å². The van der Waals surface area contributed by atoms with E-state index in [1.54, 1.807) is 10.9 Å². The standard InChI is InChI=1S/C31H35F3N6O4S/c1-30(2,39-12-14-45(42,43)15-13-39)11-10-21-18-40(22-17-35-38(3)19-22)29-28(21)24(25-8-9-27(41)36-25)16-26(37-29)20-4-6-23(7-5-20)44-31(32,33)34/h4-7,16-19,25H,8-15H2,1-3H3,(H,36,41). The van der Waals surface area contributed by atoms with E-state index in [1.165, 1.54) is 24.3 Å². The zero-order chi connectivity index (χ0) is 32.1. The average molecular weight is 645 g/mol. The summed E-state index contributed by atoms with van der Waals surface area (Å²) in [5.41, 5.74) is 4.21. The van der Waals surface area contributed by atoms with E-state index in [0.29, 0.717) is 49.3 Å². The number of halogens is 3. The third-order valence-corrected chi connectivity index (χ3v) is 10.4. The number of ether oxygens (including phenoxy) is 1. The summed E-state index contributed by atoms with van der Waals surface area (Å²) in [6.07, 6.45) is 3.24. The number of carbonyl (C=O) groups is 1. The third kappa shape index (κ3) is 6.71. The number of carbonyl (C=O) groups excluding carboxylic acids is 1. The van der Waals surface area contributed by atoms with E-state index < -0.39 is 16.2 Å². The Hall–Kier alpha value is -3.91. The van der Waals surface area contributed by atoms with E-state index in [4.69, 9.17) is 4.98 Å². The van der Waals surface area contributed by atoms with E-state index in [1.807, 2.05) is 30.1 Å². The number of amides is 1. The van der Waals surface area contributed by atoms with Gasteiger partial charge in [0.15, 0.2) is 9.84 Å². The minimum absolute atomic E-state index is 0.0467. The van der Waals surface area contributed by atoms with Gasteiger partial charge in [0.05, 0.1) is 35.1 Å². The molecule has 45 heavy (non-hydrogen) atoms. The number of fused-ring (bicyclic) bond motifs is 1. The fraction of sp³-hybridized carbons (Fsp3) is 0.452. The van der Waals surface area contributed by atoms with Crippen LogP contribution in [0.4, 0.5) is 13.2 Å². The van der Waals surface area contributed by atoms with Crippen LogP contribution in [-0.2, 0) is 28.1 Å². The highest BCUT2D eigenvalue weighted by Crippen LogP contribution is 2.38. The molecule has 1 unspecified atom stereocenters. The van der Waals surface area contributed by atoms with E-state index >= 15 is 0 Å². The molecule has 10 nitrogen and oxygen atoms in total. The molecule has 1 atom stereocenters. The summed E-state index contributed by atoms with van der Waals surface area (Å²) in [5.74, 6) is -0.0727. The van der Waals surface area contributed by atoms with Crippen LogP contribution in [0.15, 0.2) is 48.9 Å². The molecule has 0 radical (unpaired) electrons. The summed E-state index contributed by atoms with van der Waals surface area (Å²) in [4.78, 5) is 19.6. The molecule has 240 valence electrons. The molecule has 0 spiro atoms. The van der Waals surface area contributed by atoms with Crippen molar-refractivity contribution in [1.29, 1.82) is 0 Å². The molecule has 1 N–H and O–H groups in total. The summed E-state index contributed by atoms with van der Waals surface area (Å²) >= 11 is 0. The first kappa shape index (κ1) is 31.1. The topological polar surface area (TPSA) is 111 Å². The predicted octanol–water partition coefficient (Wildman–Crippen LogP) is 4.72. The maximum absolute atomic E-state index is 12.8. The molecule has 0 aliphatic carbocycles. The second-order valence-electron chi connectivity index (χ2n) is 12.4. The van der Waals surface area contributed by atoms with Crippen molar-refractivity contribution in [2.45, 2.75) is 57.5 Å². The van der Waals surface area contributed by atoms with E-state index in [0.717, 1.165) is 28.6 Å². The number of nitrogens with one attached hydrogen (secondary N) is 1. The van der Waals surface area contributed by atoms with Gasteiger partial charge < -0.3 is 10.1 Å². The smallest absolute Gasteiger partial charge is 0.406 e. The number of benzene rings is 1. The first-order chi connectivity index (χ1) is 21.2. The van der Waals surface area contributed by atoms with Gasteiger partial charge in [-0.15, -0.1) is 13.2 Å². The van der Waals surface area contributed by atoms with Crippen LogP contribution in [0.25, 0.3) is 28.0 Å². The molecule has 6 rings (SSSR count). The molecule has 5 heterocycles. The quantitative estimate of drug-likeness (QED) is 0.296. The van der Waals surface area contributed by atoms with Crippen LogP contribution in [-0.4, -0.2) is 75.1 Å². The Morgan fingerprint density at radius 2 is 1.80 bits per heavy atom. The van der Waals surface area contributed by atoms with Gasteiger partial charge in [0.2, 0.25) is 5.91 Å². The van der Waals surface area contributed by atoms with Crippen molar-refractivity contribution in [3.8, 4) is 22.7 Å². The number of aromatic nitrogens is 4. The molecule has 2 saturated heterocycles. The van der Waals surface area contributed by atoms with Crippen LogP contribution in [0.3, 0.4) is 0 Å². The Bertz CT molecular complexity index is 1830. The Morgan fingerprint density at radius 1 is 1.09 bits per heavy atom. The van der Waals surface area contributed by atoms with Crippen molar-refractivity contribution >= 4 is 26.8 Å². The third-order valence-electron chi connectivity index (χ3n) is 8.80. The van der Waals surface area contributed by atoms with Crippen LogP contribution in [0.2, 0.25) is 0 Å². The lowest BCUT2D eigenvalue weighted by molar-refractivity contribution is -0.274. The number of hydrogen-bond acceptors (Lipinski definition) is 7. The number of nitrogens with zero attached hydrogens (tertiary/aromatic N) is 5. The van der Waals surface area contributed by atoms with E-state index in [2.05, 4.69) is 33.9 Å². The van der Waals surface area contributed by atoms with Crippen molar-refractivity contribution in [2.75, 3.05) is 24.6 Å². The number of sulfone groups is 1. The molecule has 4 aromatic rings. The largest absolute Gasteiger partial charge is 0.573 e. The van der Waals surface area contributed by atoms with Gasteiger partial charge >= 0.3 is 6.36 Å². The van der Waals surface area contributed by atoms with Crippen molar-refractivity contribution in [3.05, 3.63) is 60.0 Å². The maximum atomic E-state index is 12.8. The molecule has 2 aliphatic heterocycles. The van der Waals surface area contributed by atoms with Crippen LogP contribution in [0.1, 0.15) is 50.3 Å². The highest BCUT2D eigenvalue weighted by Gasteiger charge is 2.34. The minimum Gasteiger partial charge on any atom is -0.406 e. The molecule has 1 amide bonds. The van der Waals surface area contributed by atoms with Gasteiger partial charge in [0.25, 0.3) is 0 Å². The zero-order valence-electron chi connectivity index (χ0n) is 25.3. The molecular weight excluding hydrogens is 609 g/mol. The van der Waals surface area contributed by atoms with Crippen molar-refractivity contribution in [1.82, 2.24) is 29.5 Å². The summed E-state index contributed by atoms with van der Waals surface area (Å²) in [5, 5.41) is 8.34. The van der Waals surface area contributed by atoms with Crippen molar-refractivity contribution in [2.24, 2.45) is 7.05 Å². The highest BCUT2D eigenvalue weighted by atomic mass is 32.2. The molecule has 1 aromatic carbocycles. The summed E-state index contributed by atoms with van der Waals surface area (Å²) in [7, 11) is -1.19. The van der Waals surface area contributed by atoms with Gasteiger partial charge in [-0.2, -0.15) is 5.10 Å². The number of alkyl halides is 3. The molecule has 3 aromatic heterocycles. The minimum atomic E-state index is -4.80. The lowest BCUT2D eigenvalue weighted by Crippen LogP contribution is -2.51. The maximum Gasteiger partial charge on any atom is 0.573 e. The second kappa shape index (κ2) is 11.5. The zero-order valence-corrected chi connectivity index (χ0v) is 26.1. The second-order valence-corrected chi connectivity index (χ2v) is 14.7. The van der Waals surface area contributed by atoms with Gasteiger partial charge in [-0.25, -0.2) is 13.4 Å². The lowest BCUT2D eigenvalue weighted by Gasteiger charge is -2.41. The van der Waals surface area contributed by atoms with Crippen LogP contribution < -0.4 is 10.1 Å². The van der Waals surface area contributed by atoms with Crippen LogP contribution in [0.5, 0.6) is 5.75 Å². The van der Waals surface area contributed by atoms with E-state index in [-0.39, 0.29) is 34.7 Å². The van der Waals surface area contributed by atoms with Crippen LogP contribution in [0, 0.1) is 0 Å². The van der Waals surface area contributed by atoms with Crippen molar-refractivity contribution in [3.63, 3.8) is 0 Å². The Balaban J connectivity index is 1.44. The van der Waals surface area contributed by atoms with Gasteiger partial charge in [-0.3, -0.25) is 18.9 Å². The highest BCUT2D eigenvalue weighted by molar-refractivity contribution is 7.91. The normalized spacial score (nSPS) is 19.2. The fourth-order valence-corrected chi connectivity index (χ4v) is 7.47. The molecule has 2 fully saturated rings. The van der Waals surface area contributed by atoms with Gasteiger partial charge in [0, 0.05) is 55.4 Å². The van der Waals surface area contributed by atoms with Crippen LogP contribution >= 0.6 is 0 Å².